The first kappa shape index (κ1) is 12.4. The summed E-state index contributed by atoms with van der Waals surface area (Å²) >= 11 is 0. The van der Waals surface area contributed by atoms with Crippen molar-refractivity contribution in [1.82, 2.24) is 15.6 Å². The van der Waals surface area contributed by atoms with E-state index >= 15 is 0 Å². The lowest BCUT2D eigenvalue weighted by Gasteiger charge is -2.23. The van der Waals surface area contributed by atoms with Crippen molar-refractivity contribution in [3.8, 4) is 0 Å². The molecule has 0 aliphatic carbocycles. The number of aromatic amines is 1. The van der Waals surface area contributed by atoms with Crippen LogP contribution in [0.1, 0.15) is 18.4 Å². The van der Waals surface area contributed by atoms with Crippen LogP contribution in [0.25, 0.3) is 11.1 Å². The molecule has 0 bridgehead atoms. The first-order valence-corrected chi connectivity index (χ1v) is 6.87. The average molecular weight is 261 g/mol. The molecule has 0 spiro atoms. The van der Waals surface area contributed by atoms with Gasteiger partial charge in [0.15, 0.2) is 5.58 Å². The van der Waals surface area contributed by atoms with Crippen molar-refractivity contribution in [3.63, 3.8) is 0 Å². The lowest BCUT2D eigenvalue weighted by Crippen LogP contribution is -2.43. The summed E-state index contributed by atoms with van der Waals surface area (Å²) in [6.45, 7) is 3.15. The quantitative estimate of drug-likeness (QED) is 0.768. The SMILES string of the molecule is O=c1[nH]c2ccc(CCNC3CCCNC3)cc2o1. The Bertz CT molecular complexity index is 596. The third-order valence-electron chi connectivity index (χ3n) is 3.63. The van der Waals surface area contributed by atoms with Crippen LogP contribution in [0.4, 0.5) is 0 Å². The molecule has 3 rings (SSSR count). The highest BCUT2D eigenvalue weighted by molar-refractivity contribution is 5.72. The fourth-order valence-corrected chi connectivity index (χ4v) is 2.59. The second kappa shape index (κ2) is 5.59. The van der Waals surface area contributed by atoms with Gasteiger partial charge in [-0.1, -0.05) is 6.07 Å². The average Bonchev–Trinajstić information content (AvgIpc) is 2.79. The fourth-order valence-electron chi connectivity index (χ4n) is 2.59. The van der Waals surface area contributed by atoms with E-state index in [1.807, 2.05) is 18.2 Å². The second-order valence-electron chi connectivity index (χ2n) is 5.09. The summed E-state index contributed by atoms with van der Waals surface area (Å²) < 4.78 is 5.06. The molecule has 5 nitrogen and oxygen atoms in total. The van der Waals surface area contributed by atoms with E-state index in [-0.39, 0.29) is 0 Å². The van der Waals surface area contributed by atoms with Crippen LogP contribution in [0.5, 0.6) is 0 Å². The van der Waals surface area contributed by atoms with Crippen molar-refractivity contribution in [2.45, 2.75) is 25.3 Å². The van der Waals surface area contributed by atoms with Crippen molar-refractivity contribution >= 4 is 11.1 Å². The highest BCUT2D eigenvalue weighted by Crippen LogP contribution is 2.12. The van der Waals surface area contributed by atoms with Crippen molar-refractivity contribution in [3.05, 3.63) is 34.3 Å². The maximum Gasteiger partial charge on any atom is 0.417 e. The summed E-state index contributed by atoms with van der Waals surface area (Å²) in [5.74, 6) is -0.390. The van der Waals surface area contributed by atoms with E-state index in [4.69, 9.17) is 4.42 Å². The highest BCUT2D eigenvalue weighted by atomic mass is 16.4. The molecular formula is C14H19N3O2. The third kappa shape index (κ3) is 3.05. The predicted octanol–water partition coefficient (Wildman–Crippen LogP) is 1.01. The summed E-state index contributed by atoms with van der Waals surface area (Å²) in [4.78, 5) is 13.7. The minimum absolute atomic E-state index is 0.390. The number of hydrogen-bond donors (Lipinski definition) is 3. The van der Waals surface area contributed by atoms with Gasteiger partial charge in [-0.05, 0) is 50.0 Å². The summed E-state index contributed by atoms with van der Waals surface area (Å²) in [6.07, 6.45) is 3.44. The van der Waals surface area contributed by atoms with E-state index in [2.05, 4.69) is 15.6 Å². The van der Waals surface area contributed by atoms with Crippen LogP contribution in [0, 0.1) is 0 Å². The largest absolute Gasteiger partial charge is 0.417 e. The minimum atomic E-state index is -0.390. The van der Waals surface area contributed by atoms with Crippen molar-refractivity contribution in [2.24, 2.45) is 0 Å². The van der Waals surface area contributed by atoms with Gasteiger partial charge in [-0.3, -0.25) is 4.98 Å². The Kier molecular flexibility index (Phi) is 3.66. The first-order chi connectivity index (χ1) is 9.31. The van der Waals surface area contributed by atoms with Gasteiger partial charge in [0.25, 0.3) is 0 Å². The molecule has 1 fully saturated rings. The summed E-state index contributed by atoms with van der Waals surface area (Å²) in [5.41, 5.74) is 2.59. The topological polar surface area (TPSA) is 70.1 Å². The molecule has 5 heteroatoms. The van der Waals surface area contributed by atoms with Gasteiger partial charge < -0.3 is 15.1 Å². The van der Waals surface area contributed by atoms with Gasteiger partial charge in [0, 0.05) is 12.6 Å². The van der Waals surface area contributed by atoms with Gasteiger partial charge in [-0.2, -0.15) is 0 Å². The molecule has 2 heterocycles. The lowest BCUT2D eigenvalue weighted by molar-refractivity contribution is 0.392. The second-order valence-corrected chi connectivity index (χ2v) is 5.09. The summed E-state index contributed by atoms with van der Waals surface area (Å²) in [6, 6.07) is 6.46. The van der Waals surface area contributed by atoms with E-state index < -0.39 is 5.76 Å². The van der Waals surface area contributed by atoms with Crippen LogP contribution in [0.3, 0.4) is 0 Å². The van der Waals surface area contributed by atoms with Crippen LogP contribution in [0.2, 0.25) is 0 Å². The van der Waals surface area contributed by atoms with Gasteiger partial charge in [-0.15, -0.1) is 0 Å². The molecule has 0 saturated carbocycles. The normalized spacial score (nSPS) is 19.9. The van der Waals surface area contributed by atoms with Crippen LogP contribution >= 0.6 is 0 Å². The number of oxazole rings is 1. The number of aromatic nitrogens is 1. The minimum Gasteiger partial charge on any atom is -0.408 e. The van der Waals surface area contributed by atoms with Gasteiger partial charge >= 0.3 is 5.76 Å². The first-order valence-electron chi connectivity index (χ1n) is 6.87. The third-order valence-corrected chi connectivity index (χ3v) is 3.63. The van der Waals surface area contributed by atoms with E-state index in [1.54, 1.807) is 0 Å². The molecule has 1 aromatic heterocycles. The Morgan fingerprint density at radius 1 is 1.42 bits per heavy atom. The Labute approximate surface area is 111 Å². The van der Waals surface area contributed by atoms with E-state index in [9.17, 15) is 4.79 Å². The van der Waals surface area contributed by atoms with Gasteiger partial charge in [0.05, 0.1) is 5.52 Å². The molecule has 1 atom stereocenters. The maximum absolute atomic E-state index is 11.1. The van der Waals surface area contributed by atoms with Crippen molar-refractivity contribution in [2.75, 3.05) is 19.6 Å². The number of nitrogens with one attached hydrogen (secondary N) is 3. The zero-order chi connectivity index (χ0) is 13.1. The molecular weight excluding hydrogens is 242 g/mol. The van der Waals surface area contributed by atoms with Crippen molar-refractivity contribution < 1.29 is 4.42 Å². The molecule has 19 heavy (non-hydrogen) atoms. The summed E-state index contributed by atoms with van der Waals surface area (Å²) in [5, 5.41) is 6.95. The molecule has 1 aliphatic rings. The Balaban J connectivity index is 1.57. The number of fused-ring (bicyclic) bond motifs is 1. The number of benzene rings is 1. The Morgan fingerprint density at radius 3 is 3.21 bits per heavy atom. The van der Waals surface area contributed by atoms with Gasteiger partial charge in [-0.25, -0.2) is 4.79 Å². The molecule has 1 aliphatic heterocycles. The van der Waals surface area contributed by atoms with Crippen LogP contribution in [0.15, 0.2) is 27.4 Å². The van der Waals surface area contributed by atoms with Gasteiger partial charge in [0.2, 0.25) is 0 Å². The monoisotopic (exact) mass is 261 g/mol. The molecule has 0 radical (unpaired) electrons. The maximum atomic E-state index is 11.1. The van der Waals surface area contributed by atoms with E-state index in [0.29, 0.717) is 11.6 Å². The smallest absolute Gasteiger partial charge is 0.408 e. The van der Waals surface area contributed by atoms with Crippen molar-refractivity contribution in [1.29, 1.82) is 0 Å². The van der Waals surface area contributed by atoms with Gasteiger partial charge in [0.1, 0.15) is 0 Å². The number of rotatable bonds is 4. The summed E-state index contributed by atoms with van der Waals surface area (Å²) in [7, 11) is 0. The molecule has 2 aromatic rings. The van der Waals surface area contributed by atoms with E-state index in [1.165, 1.54) is 18.4 Å². The van der Waals surface area contributed by atoms with Crippen LogP contribution in [-0.4, -0.2) is 30.7 Å². The highest BCUT2D eigenvalue weighted by Gasteiger charge is 2.11. The Morgan fingerprint density at radius 2 is 2.37 bits per heavy atom. The molecule has 0 amide bonds. The number of hydrogen-bond acceptors (Lipinski definition) is 4. The molecule has 1 saturated heterocycles. The molecule has 102 valence electrons. The fraction of sp³-hybridized carbons (Fsp3) is 0.500. The number of piperidine rings is 1. The molecule has 1 unspecified atom stereocenters. The van der Waals surface area contributed by atoms with E-state index in [0.717, 1.165) is 31.6 Å². The molecule has 1 aromatic carbocycles. The Hall–Kier alpha value is -1.59. The van der Waals surface area contributed by atoms with Crippen LogP contribution < -0.4 is 16.4 Å². The lowest BCUT2D eigenvalue weighted by atomic mass is 10.1. The standard InChI is InChI=1S/C14H19N3O2/c18-14-17-12-4-3-10(8-13(12)19-14)5-7-16-11-2-1-6-15-9-11/h3-4,8,11,15-16H,1-2,5-7,9H2,(H,17,18). The zero-order valence-corrected chi connectivity index (χ0v) is 10.9. The molecule has 3 N–H and O–H groups in total. The van der Waals surface area contributed by atoms with Crippen LogP contribution in [-0.2, 0) is 6.42 Å². The number of H-pyrrole nitrogens is 1. The predicted molar refractivity (Wildman–Crippen MR) is 74.4 cm³/mol. The zero-order valence-electron chi connectivity index (χ0n) is 10.9.